The Morgan fingerprint density at radius 1 is 1.56 bits per heavy atom. The number of anilines is 1. The average Bonchev–Trinajstić information content (AvgIpc) is 2.83. The zero-order valence-corrected chi connectivity index (χ0v) is 10.8. The van der Waals surface area contributed by atoms with Gasteiger partial charge in [0.25, 0.3) is 5.91 Å². The van der Waals surface area contributed by atoms with Crippen molar-refractivity contribution < 1.29 is 4.79 Å². The van der Waals surface area contributed by atoms with E-state index in [4.69, 9.17) is 5.73 Å². The van der Waals surface area contributed by atoms with E-state index in [1.54, 1.807) is 0 Å². The van der Waals surface area contributed by atoms with Crippen molar-refractivity contribution in [2.24, 2.45) is 0 Å². The van der Waals surface area contributed by atoms with Gasteiger partial charge < -0.3 is 11.1 Å². The Kier molecular flexibility index (Phi) is 4.19. The van der Waals surface area contributed by atoms with Crippen LogP contribution in [0.4, 0.5) is 5.69 Å². The minimum absolute atomic E-state index is 0.186. The highest BCUT2D eigenvalue weighted by Crippen LogP contribution is 2.12. The molecule has 1 amide bonds. The van der Waals surface area contributed by atoms with Crippen molar-refractivity contribution in [3.63, 3.8) is 0 Å². The first kappa shape index (κ1) is 12.9. The molecule has 0 spiro atoms. The van der Waals surface area contributed by atoms with Crippen LogP contribution in [0.3, 0.4) is 0 Å². The SMILES string of the molecule is CC(CNC(=O)c1[nH]ncc1N)N1CCCCC1. The van der Waals surface area contributed by atoms with Gasteiger partial charge in [-0.2, -0.15) is 5.10 Å². The number of H-pyrrole nitrogens is 1. The molecule has 1 fully saturated rings. The van der Waals surface area contributed by atoms with E-state index in [1.807, 2.05) is 0 Å². The number of amides is 1. The molecule has 1 aromatic heterocycles. The number of nitrogens with two attached hydrogens (primary N) is 1. The lowest BCUT2D eigenvalue weighted by molar-refractivity contribution is 0.0926. The van der Waals surface area contributed by atoms with Gasteiger partial charge in [0.05, 0.1) is 11.9 Å². The second kappa shape index (κ2) is 5.86. The standard InChI is InChI=1S/C12H21N5O/c1-9(17-5-3-2-4-6-17)7-14-12(18)11-10(13)8-15-16-11/h8-9H,2-7,13H2,1H3,(H,14,18)(H,15,16). The van der Waals surface area contributed by atoms with E-state index in [0.717, 1.165) is 13.1 Å². The molecule has 0 aliphatic carbocycles. The topological polar surface area (TPSA) is 87.0 Å². The van der Waals surface area contributed by atoms with E-state index in [-0.39, 0.29) is 5.91 Å². The Hall–Kier alpha value is -1.56. The summed E-state index contributed by atoms with van der Waals surface area (Å²) in [5.41, 5.74) is 6.36. The van der Waals surface area contributed by atoms with Gasteiger partial charge in [0, 0.05) is 12.6 Å². The molecule has 1 atom stereocenters. The Labute approximate surface area is 107 Å². The molecule has 0 aromatic carbocycles. The van der Waals surface area contributed by atoms with Gasteiger partial charge in [-0.1, -0.05) is 6.42 Å². The number of hydrogen-bond donors (Lipinski definition) is 3. The fourth-order valence-corrected chi connectivity index (χ4v) is 2.29. The number of carbonyl (C=O) groups is 1. The van der Waals surface area contributed by atoms with Crippen molar-refractivity contribution in [1.29, 1.82) is 0 Å². The number of nitrogen functional groups attached to an aromatic ring is 1. The summed E-state index contributed by atoms with van der Waals surface area (Å²) in [6, 6.07) is 0.360. The first-order valence-electron chi connectivity index (χ1n) is 6.49. The predicted octanol–water partition coefficient (Wildman–Crippen LogP) is 0.596. The molecule has 100 valence electrons. The quantitative estimate of drug-likeness (QED) is 0.731. The van der Waals surface area contributed by atoms with Crippen molar-refractivity contribution in [3.05, 3.63) is 11.9 Å². The van der Waals surface area contributed by atoms with Crippen molar-refractivity contribution in [2.75, 3.05) is 25.4 Å². The molecule has 1 unspecified atom stereocenters. The summed E-state index contributed by atoms with van der Waals surface area (Å²) in [4.78, 5) is 14.2. The zero-order chi connectivity index (χ0) is 13.0. The lowest BCUT2D eigenvalue weighted by Crippen LogP contribution is -2.44. The number of piperidine rings is 1. The van der Waals surface area contributed by atoms with Gasteiger partial charge >= 0.3 is 0 Å². The van der Waals surface area contributed by atoms with Crippen molar-refractivity contribution in [3.8, 4) is 0 Å². The van der Waals surface area contributed by atoms with Gasteiger partial charge in [0.15, 0.2) is 0 Å². The smallest absolute Gasteiger partial charge is 0.271 e. The molecule has 6 heteroatoms. The largest absolute Gasteiger partial charge is 0.396 e. The molecule has 2 heterocycles. The van der Waals surface area contributed by atoms with Crippen LogP contribution in [0.15, 0.2) is 6.20 Å². The average molecular weight is 251 g/mol. The highest BCUT2D eigenvalue weighted by molar-refractivity contribution is 5.96. The molecule has 1 aromatic rings. The number of likely N-dealkylation sites (tertiary alicyclic amines) is 1. The van der Waals surface area contributed by atoms with E-state index < -0.39 is 0 Å². The van der Waals surface area contributed by atoms with E-state index in [0.29, 0.717) is 24.0 Å². The monoisotopic (exact) mass is 251 g/mol. The lowest BCUT2D eigenvalue weighted by atomic mass is 10.1. The minimum atomic E-state index is -0.186. The number of hydrogen-bond acceptors (Lipinski definition) is 4. The molecule has 1 aliphatic heterocycles. The van der Waals surface area contributed by atoms with Crippen LogP contribution in [0.25, 0.3) is 0 Å². The number of aromatic nitrogens is 2. The van der Waals surface area contributed by atoms with Crippen molar-refractivity contribution in [2.45, 2.75) is 32.2 Å². The molecular formula is C12H21N5O. The minimum Gasteiger partial charge on any atom is -0.396 e. The van der Waals surface area contributed by atoms with Crippen LogP contribution in [-0.2, 0) is 0 Å². The summed E-state index contributed by atoms with van der Waals surface area (Å²) >= 11 is 0. The highest BCUT2D eigenvalue weighted by atomic mass is 16.1. The summed E-state index contributed by atoms with van der Waals surface area (Å²) in [5.74, 6) is -0.186. The van der Waals surface area contributed by atoms with E-state index in [9.17, 15) is 4.79 Å². The molecule has 6 nitrogen and oxygen atoms in total. The molecule has 0 radical (unpaired) electrons. The summed E-state index contributed by atoms with van der Waals surface area (Å²) in [7, 11) is 0. The summed E-state index contributed by atoms with van der Waals surface area (Å²) in [6.07, 6.45) is 5.28. The molecular weight excluding hydrogens is 230 g/mol. The van der Waals surface area contributed by atoms with Gasteiger partial charge in [0.2, 0.25) is 0 Å². The Bertz CT molecular complexity index is 397. The highest BCUT2D eigenvalue weighted by Gasteiger charge is 2.18. The maximum atomic E-state index is 11.8. The van der Waals surface area contributed by atoms with Crippen LogP contribution in [0.2, 0.25) is 0 Å². The summed E-state index contributed by atoms with van der Waals surface area (Å²) in [6.45, 7) is 5.03. The van der Waals surface area contributed by atoms with Crippen LogP contribution < -0.4 is 11.1 Å². The number of aromatic amines is 1. The summed E-state index contributed by atoms with van der Waals surface area (Å²) in [5, 5.41) is 9.24. The maximum Gasteiger partial charge on any atom is 0.271 e. The molecule has 18 heavy (non-hydrogen) atoms. The number of nitrogens with zero attached hydrogens (tertiary/aromatic N) is 2. The van der Waals surface area contributed by atoms with Crippen LogP contribution in [0.5, 0.6) is 0 Å². The number of rotatable bonds is 4. The first-order chi connectivity index (χ1) is 8.68. The van der Waals surface area contributed by atoms with Crippen LogP contribution >= 0.6 is 0 Å². The normalized spacial score (nSPS) is 18.5. The Balaban J connectivity index is 1.80. The Morgan fingerprint density at radius 2 is 2.28 bits per heavy atom. The van der Waals surface area contributed by atoms with E-state index in [2.05, 4.69) is 27.3 Å². The fraction of sp³-hybridized carbons (Fsp3) is 0.667. The van der Waals surface area contributed by atoms with Crippen molar-refractivity contribution >= 4 is 11.6 Å². The molecule has 0 bridgehead atoms. The zero-order valence-electron chi connectivity index (χ0n) is 10.8. The second-order valence-electron chi connectivity index (χ2n) is 4.86. The van der Waals surface area contributed by atoms with Crippen molar-refractivity contribution in [1.82, 2.24) is 20.4 Å². The van der Waals surface area contributed by atoms with E-state index in [1.165, 1.54) is 25.5 Å². The van der Waals surface area contributed by atoms with Gasteiger partial charge in [-0.15, -0.1) is 0 Å². The second-order valence-corrected chi connectivity index (χ2v) is 4.86. The van der Waals surface area contributed by atoms with Crippen LogP contribution in [0, 0.1) is 0 Å². The van der Waals surface area contributed by atoms with Gasteiger partial charge in [0.1, 0.15) is 5.69 Å². The third-order valence-corrected chi connectivity index (χ3v) is 3.47. The van der Waals surface area contributed by atoms with Gasteiger partial charge in [-0.3, -0.25) is 14.8 Å². The maximum absolute atomic E-state index is 11.8. The molecule has 1 aliphatic rings. The number of carbonyl (C=O) groups excluding carboxylic acids is 1. The lowest BCUT2D eigenvalue weighted by Gasteiger charge is -2.32. The Morgan fingerprint density at radius 3 is 2.89 bits per heavy atom. The van der Waals surface area contributed by atoms with Crippen LogP contribution in [-0.4, -0.2) is 46.7 Å². The summed E-state index contributed by atoms with van der Waals surface area (Å²) < 4.78 is 0. The molecule has 4 N–H and O–H groups in total. The third kappa shape index (κ3) is 3.01. The molecule has 2 rings (SSSR count). The molecule has 0 saturated carbocycles. The molecule has 1 saturated heterocycles. The third-order valence-electron chi connectivity index (χ3n) is 3.47. The first-order valence-corrected chi connectivity index (χ1v) is 6.49. The van der Waals surface area contributed by atoms with Crippen LogP contribution in [0.1, 0.15) is 36.7 Å². The predicted molar refractivity (Wildman–Crippen MR) is 70.2 cm³/mol. The van der Waals surface area contributed by atoms with E-state index >= 15 is 0 Å². The number of nitrogens with one attached hydrogen (secondary N) is 2. The van der Waals surface area contributed by atoms with Gasteiger partial charge in [-0.05, 0) is 32.9 Å². The fourth-order valence-electron chi connectivity index (χ4n) is 2.29. The van der Waals surface area contributed by atoms with Gasteiger partial charge in [-0.25, -0.2) is 0 Å².